The van der Waals surface area contributed by atoms with Crippen molar-refractivity contribution in [1.29, 1.82) is 0 Å². The molecule has 1 nitrogen and oxygen atoms in total. The molecule has 12 heavy (non-hydrogen) atoms. The zero-order chi connectivity index (χ0) is 9.23. The van der Waals surface area contributed by atoms with Gasteiger partial charge >= 0.3 is 0 Å². The molecule has 0 bridgehead atoms. The van der Waals surface area contributed by atoms with Crippen molar-refractivity contribution in [2.45, 2.75) is 52.0 Å². The summed E-state index contributed by atoms with van der Waals surface area (Å²) in [6.45, 7) is 9.25. The van der Waals surface area contributed by atoms with Crippen LogP contribution in [0.15, 0.2) is 12.7 Å². The first kappa shape index (κ1) is 11.7. The SMILES string of the molecule is C=CCCC(CCCC)NCC. The van der Waals surface area contributed by atoms with Gasteiger partial charge in [0, 0.05) is 6.04 Å². The van der Waals surface area contributed by atoms with Crippen LogP contribution in [-0.2, 0) is 0 Å². The minimum absolute atomic E-state index is 0.716. The molecule has 1 heteroatoms. The number of hydrogen-bond acceptors (Lipinski definition) is 1. The molecule has 72 valence electrons. The van der Waals surface area contributed by atoms with Crippen molar-refractivity contribution in [2.75, 3.05) is 6.54 Å². The van der Waals surface area contributed by atoms with Gasteiger partial charge < -0.3 is 5.32 Å². The first-order valence-corrected chi connectivity index (χ1v) is 5.19. The summed E-state index contributed by atoms with van der Waals surface area (Å²) in [6.07, 6.45) is 8.36. The van der Waals surface area contributed by atoms with Gasteiger partial charge in [0.25, 0.3) is 0 Å². The molecule has 0 radical (unpaired) electrons. The third-order valence-corrected chi connectivity index (χ3v) is 2.12. The summed E-state index contributed by atoms with van der Waals surface area (Å²) in [6, 6.07) is 0.716. The third-order valence-electron chi connectivity index (χ3n) is 2.12. The van der Waals surface area contributed by atoms with Crippen molar-refractivity contribution in [1.82, 2.24) is 5.32 Å². The summed E-state index contributed by atoms with van der Waals surface area (Å²) in [7, 11) is 0. The molecule has 0 fully saturated rings. The van der Waals surface area contributed by atoms with Crippen LogP contribution in [0, 0.1) is 0 Å². The van der Waals surface area contributed by atoms with Crippen molar-refractivity contribution in [3.8, 4) is 0 Å². The van der Waals surface area contributed by atoms with Crippen LogP contribution < -0.4 is 5.32 Å². The van der Waals surface area contributed by atoms with Gasteiger partial charge in [0.2, 0.25) is 0 Å². The number of hydrogen-bond donors (Lipinski definition) is 1. The van der Waals surface area contributed by atoms with Crippen LogP contribution in [0.25, 0.3) is 0 Å². The molecule has 0 rings (SSSR count). The molecule has 0 amide bonds. The molecule has 0 heterocycles. The lowest BCUT2D eigenvalue weighted by Crippen LogP contribution is -2.28. The molecule has 1 unspecified atom stereocenters. The topological polar surface area (TPSA) is 12.0 Å². The number of rotatable bonds is 8. The van der Waals surface area contributed by atoms with Crippen molar-refractivity contribution in [2.24, 2.45) is 0 Å². The lowest BCUT2D eigenvalue weighted by molar-refractivity contribution is 0.452. The molecule has 0 aromatic rings. The standard InChI is InChI=1S/C11H23N/c1-4-7-9-11(12-6-3)10-8-5-2/h4,11-12H,1,5-10H2,2-3H3. The predicted octanol–water partition coefficient (Wildman–Crippen LogP) is 3.12. The second-order valence-corrected chi connectivity index (χ2v) is 3.26. The van der Waals surface area contributed by atoms with E-state index >= 15 is 0 Å². The molecule has 1 atom stereocenters. The summed E-state index contributed by atoms with van der Waals surface area (Å²) in [5.41, 5.74) is 0. The summed E-state index contributed by atoms with van der Waals surface area (Å²) < 4.78 is 0. The zero-order valence-corrected chi connectivity index (χ0v) is 8.60. The summed E-state index contributed by atoms with van der Waals surface area (Å²) in [4.78, 5) is 0. The fourth-order valence-electron chi connectivity index (χ4n) is 1.41. The van der Waals surface area contributed by atoms with E-state index in [1.807, 2.05) is 6.08 Å². The van der Waals surface area contributed by atoms with Gasteiger partial charge in [0.15, 0.2) is 0 Å². The molecule has 0 aromatic heterocycles. The molecular weight excluding hydrogens is 146 g/mol. The molecule has 0 aliphatic rings. The molecule has 0 spiro atoms. The van der Waals surface area contributed by atoms with E-state index in [9.17, 15) is 0 Å². The Bertz CT molecular complexity index is 99.2. The molecule has 0 aliphatic carbocycles. The van der Waals surface area contributed by atoms with Gasteiger partial charge in [-0.1, -0.05) is 32.8 Å². The van der Waals surface area contributed by atoms with E-state index in [1.54, 1.807) is 0 Å². The van der Waals surface area contributed by atoms with Gasteiger partial charge in [-0.25, -0.2) is 0 Å². The summed E-state index contributed by atoms with van der Waals surface area (Å²) in [5.74, 6) is 0. The van der Waals surface area contributed by atoms with Crippen molar-refractivity contribution >= 4 is 0 Å². The Labute approximate surface area is 77.2 Å². The largest absolute Gasteiger partial charge is 0.314 e. The third kappa shape index (κ3) is 6.41. The van der Waals surface area contributed by atoms with Crippen LogP contribution in [0.3, 0.4) is 0 Å². The van der Waals surface area contributed by atoms with Crippen LogP contribution in [0.5, 0.6) is 0 Å². The molecule has 0 aliphatic heterocycles. The lowest BCUT2D eigenvalue weighted by atomic mass is 10.0. The normalized spacial score (nSPS) is 12.8. The van der Waals surface area contributed by atoms with Gasteiger partial charge in [-0.05, 0) is 25.8 Å². The minimum Gasteiger partial charge on any atom is -0.314 e. The maximum absolute atomic E-state index is 3.75. The Morgan fingerprint density at radius 1 is 1.33 bits per heavy atom. The average Bonchev–Trinajstić information content (AvgIpc) is 2.10. The Hall–Kier alpha value is -0.300. The quantitative estimate of drug-likeness (QED) is 0.550. The summed E-state index contributed by atoms with van der Waals surface area (Å²) >= 11 is 0. The number of allylic oxidation sites excluding steroid dienone is 1. The fraction of sp³-hybridized carbons (Fsp3) is 0.818. The lowest BCUT2D eigenvalue weighted by Gasteiger charge is -2.16. The van der Waals surface area contributed by atoms with Gasteiger partial charge in [-0.2, -0.15) is 0 Å². The van der Waals surface area contributed by atoms with E-state index in [4.69, 9.17) is 0 Å². The smallest absolute Gasteiger partial charge is 0.00698 e. The van der Waals surface area contributed by atoms with E-state index in [-0.39, 0.29) is 0 Å². The van der Waals surface area contributed by atoms with Gasteiger partial charge in [0.05, 0.1) is 0 Å². The van der Waals surface area contributed by atoms with Gasteiger partial charge in [-0.15, -0.1) is 6.58 Å². The molecule has 0 saturated heterocycles. The maximum atomic E-state index is 3.75. The van der Waals surface area contributed by atoms with E-state index in [2.05, 4.69) is 25.7 Å². The fourth-order valence-corrected chi connectivity index (χ4v) is 1.41. The van der Waals surface area contributed by atoms with E-state index in [1.165, 1.54) is 25.7 Å². The molecule has 0 aromatic carbocycles. The maximum Gasteiger partial charge on any atom is 0.00698 e. The highest BCUT2D eigenvalue weighted by molar-refractivity contribution is 4.73. The molecular formula is C11H23N. The van der Waals surface area contributed by atoms with Crippen LogP contribution in [0.4, 0.5) is 0 Å². The molecule has 0 saturated carbocycles. The van der Waals surface area contributed by atoms with E-state index in [0.717, 1.165) is 13.0 Å². The Morgan fingerprint density at radius 2 is 2.08 bits per heavy atom. The first-order valence-electron chi connectivity index (χ1n) is 5.19. The Morgan fingerprint density at radius 3 is 2.58 bits per heavy atom. The van der Waals surface area contributed by atoms with Crippen molar-refractivity contribution < 1.29 is 0 Å². The van der Waals surface area contributed by atoms with Crippen molar-refractivity contribution in [3.05, 3.63) is 12.7 Å². The Kier molecular flexibility index (Phi) is 8.57. The van der Waals surface area contributed by atoms with Crippen LogP contribution in [-0.4, -0.2) is 12.6 Å². The number of unbranched alkanes of at least 4 members (excludes halogenated alkanes) is 1. The van der Waals surface area contributed by atoms with Crippen LogP contribution >= 0.6 is 0 Å². The highest BCUT2D eigenvalue weighted by Crippen LogP contribution is 2.06. The number of nitrogens with one attached hydrogen (secondary N) is 1. The van der Waals surface area contributed by atoms with Crippen molar-refractivity contribution in [3.63, 3.8) is 0 Å². The van der Waals surface area contributed by atoms with Gasteiger partial charge in [-0.3, -0.25) is 0 Å². The average molecular weight is 169 g/mol. The second-order valence-electron chi connectivity index (χ2n) is 3.26. The highest BCUT2D eigenvalue weighted by atomic mass is 14.9. The molecule has 1 N–H and O–H groups in total. The Balaban J connectivity index is 3.46. The second kappa shape index (κ2) is 8.79. The minimum atomic E-state index is 0.716. The van der Waals surface area contributed by atoms with Gasteiger partial charge in [0.1, 0.15) is 0 Å². The monoisotopic (exact) mass is 169 g/mol. The van der Waals surface area contributed by atoms with E-state index < -0.39 is 0 Å². The van der Waals surface area contributed by atoms with E-state index in [0.29, 0.717) is 6.04 Å². The van der Waals surface area contributed by atoms with Crippen LogP contribution in [0.2, 0.25) is 0 Å². The predicted molar refractivity (Wildman–Crippen MR) is 56.4 cm³/mol. The first-order chi connectivity index (χ1) is 5.85. The van der Waals surface area contributed by atoms with Crippen LogP contribution in [0.1, 0.15) is 46.0 Å². The summed E-state index contributed by atoms with van der Waals surface area (Å²) in [5, 5.41) is 3.50. The highest BCUT2D eigenvalue weighted by Gasteiger charge is 2.03. The zero-order valence-electron chi connectivity index (χ0n) is 8.60.